The molecule has 0 spiro atoms. The number of carbonyl (C=O) groups excluding carboxylic acids is 6. The van der Waals surface area contributed by atoms with Gasteiger partial charge in [-0.3, -0.25) is 39.0 Å². The number of hydrogen-bond donors (Lipinski definition) is 3. The average Bonchev–Trinajstić information content (AvgIpc) is 3.31. The summed E-state index contributed by atoms with van der Waals surface area (Å²) >= 11 is 0. The molecule has 4 aromatic rings. The van der Waals surface area contributed by atoms with Crippen molar-refractivity contribution in [1.82, 2.24) is 20.9 Å². The molecule has 0 bridgehead atoms. The van der Waals surface area contributed by atoms with Crippen LogP contribution in [-0.2, 0) is 33.9 Å². The lowest BCUT2D eigenvalue weighted by atomic mass is 10.0. The van der Waals surface area contributed by atoms with Crippen molar-refractivity contribution in [3.8, 4) is 5.75 Å². The van der Waals surface area contributed by atoms with Crippen molar-refractivity contribution in [1.29, 1.82) is 0 Å². The van der Waals surface area contributed by atoms with E-state index in [1.165, 1.54) is 25.3 Å². The van der Waals surface area contributed by atoms with Crippen LogP contribution in [0.15, 0.2) is 78.9 Å². The molecule has 1 unspecified atom stereocenters. The summed E-state index contributed by atoms with van der Waals surface area (Å²) in [6.07, 6.45) is 0.310. The quantitative estimate of drug-likeness (QED) is 0.244. The Morgan fingerprint density at radius 3 is 2.43 bits per heavy atom. The van der Waals surface area contributed by atoms with Crippen LogP contribution in [0, 0.1) is 0 Å². The van der Waals surface area contributed by atoms with Gasteiger partial charge in [0, 0.05) is 30.6 Å². The number of hydrogen-bond acceptors (Lipinski definition) is 7. The number of nitrogens with zero attached hydrogens (tertiary/aromatic N) is 1. The fourth-order valence-corrected chi connectivity index (χ4v) is 5.82. The highest BCUT2D eigenvalue weighted by Gasteiger charge is 2.44. The van der Waals surface area contributed by atoms with Crippen LogP contribution in [-0.4, -0.2) is 53.5 Å². The molecule has 1 fully saturated rings. The number of piperidine rings is 1. The third-order valence-electron chi connectivity index (χ3n) is 8.21. The van der Waals surface area contributed by atoms with Crippen molar-refractivity contribution in [3.63, 3.8) is 0 Å². The Bertz CT molecular complexity index is 1930. The van der Waals surface area contributed by atoms with E-state index in [9.17, 15) is 28.8 Å². The van der Waals surface area contributed by atoms with Gasteiger partial charge < -0.3 is 15.4 Å². The number of nitrogens with one attached hydrogen (secondary N) is 3. The summed E-state index contributed by atoms with van der Waals surface area (Å²) in [5.74, 6) is -2.55. The summed E-state index contributed by atoms with van der Waals surface area (Å²) in [6.45, 7) is 0.409. The Balaban J connectivity index is 1.07. The van der Waals surface area contributed by atoms with Crippen LogP contribution >= 0.6 is 0 Å². The lowest BCUT2D eigenvalue weighted by molar-refractivity contribution is -0.136. The van der Waals surface area contributed by atoms with E-state index >= 15 is 0 Å². The number of methoxy groups -OCH3 is 1. The van der Waals surface area contributed by atoms with Crippen molar-refractivity contribution in [2.45, 2.75) is 38.4 Å². The molecule has 0 saturated carbocycles. The van der Waals surface area contributed by atoms with E-state index in [0.29, 0.717) is 17.9 Å². The molecule has 6 rings (SSSR count). The molecule has 1 atom stereocenters. The molecule has 46 heavy (non-hydrogen) atoms. The second-order valence-electron chi connectivity index (χ2n) is 11.1. The predicted octanol–water partition coefficient (Wildman–Crippen LogP) is 3.04. The summed E-state index contributed by atoms with van der Waals surface area (Å²) < 4.78 is 5.54. The smallest absolute Gasteiger partial charge is 0.262 e. The number of imide groups is 2. The number of ether oxygens (including phenoxy) is 1. The summed E-state index contributed by atoms with van der Waals surface area (Å²) in [4.78, 5) is 76.5. The molecule has 6 amide bonds. The van der Waals surface area contributed by atoms with Crippen LogP contribution in [0.5, 0.6) is 5.75 Å². The number of carbonyl (C=O) groups is 6. The number of amides is 6. The first kappa shape index (κ1) is 30.2. The summed E-state index contributed by atoms with van der Waals surface area (Å²) in [7, 11) is 1.51. The van der Waals surface area contributed by atoms with Crippen molar-refractivity contribution >= 4 is 46.2 Å². The Labute approximate surface area is 263 Å². The van der Waals surface area contributed by atoms with Gasteiger partial charge in [0.2, 0.25) is 17.7 Å². The van der Waals surface area contributed by atoms with E-state index in [4.69, 9.17) is 4.74 Å². The van der Waals surface area contributed by atoms with E-state index in [1.807, 2.05) is 48.5 Å². The van der Waals surface area contributed by atoms with Gasteiger partial charge in [-0.15, -0.1) is 0 Å². The Morgan fingerprint density at radius 1 is 0.848 bits per heavy atom. The Morgan fingerprint density at radius 2 is 1.63 bits per heavy atom. The highest BCUT2D eigenvalue weighted by Crippen LogP contribution is 2.29. The lowest BCUT2D eigenvalue weighted by Crippen LogP contribution is -2.54. The van der Waals surface area contributed by atoms with E-state index < -0.39 is 35.6 Å². The highest BCUT2D eigenvalue weighted by molar-refractivity contribution is 6.24. The molecule has 3 N–H and O–H groups in total. The predicted molar refractivity (Wildman–Crippen MR) is 167 cm³/mol. The van der Waals surface area contributed by atoms with Crippen molar-refractivity contribution in [3.05, 3.63) is 112 Å². The number of benzene rings is 4. The maximum absolute atomic E-state index is 13.1. The largest absolute Gasteiger partial charge is 0.496 e. The summed E-state index contributed by atoms with van der Waals surface area (Å²) in [5.41, 5.74) is 2.73. The fourth-order valence-electron chi connectivity index (χ4n) is 5.82. The van der Waals surface area contributed by atoms with E-state index in [0.717, 1.165) is 26.8 Å². The topological polar surface area (TPSA) is 151 Å². The SMILES string of the molecule is COc1cc(CNC(=O)Cc2cccc3ccccc23)ccc1CNC(=O)c1ccc2c(c1)C(=O)N(C1CCC(=O)NC1=O)C2=O. The molecule has 0 radical (unpaired) electrons. The molecule has 0 aliphatic carbocycles. The second-order valence-corrected chi connectivity index (χ2v) is 11.1. The van der Waals surface area contributed by atoms with Gasteiger partial charge >= 0.3 is 0 Å². The molecule has 4 aromatic carbocycles. The van der Waals surface area contributed by atoms with Crippen molar-refractivity contribution in [2.75, 3.05) is 7.11 Å². The van der Waals surface area contributed by atoms with Gasteiger partial charge in [-0.05, 0) is 52.6 Å². The molecular formula is C35H30N4O7. The van der Waals surface area contributed by atoms with Crippen LogP contribution in [0.25, 0.3) is 10.8 Å². The molecule has 0 aromatic heterocycles. The number of rotatable bonds is 9. The van der Waals surface area contributed by atoms with E-state index in [2.05, 4.69) is 16.0 Å². The zero-order chi connectivity index (χ0) is 32.4. The van der Waals surface area contributed by atoms with Crippen LogP contribution in [0.2, 0.25) is 0 Å². The summed E-state index contributed by atoms with van der Waals surface area (Å²) in [6, 6.07) is 22.3. The van der Waals surface area contributed by atoms with E-state index in [-0.39, 0.29) is 48.4 Å². The molecule has 2 aliphatic rings. The van der Waals surface area contributed by atoms with Gasteiger partial charge in [-0.1, -0.05) is 54.6 Å². The minimum atomic E-state index is -1.09. The lowest BCUT2D eigenvalue weighted by Gasteiger charge is -2.27. The highest BCUT2D eigenvalue weighted by atomic mass is 16.5. The maximum atomic E-state index is 13.1. The first-order valence-electron chi connectivity index (χ1n) is 14.8. The zero-order valence-electron chi connectivity index (χ0n) is 24.9. The van der Waals surface area contributed by atoms with Gasteiger partial charge in [-0.2, -0.15) is 0 Å². The van der Waals surface area contributed by atoms with Gasteiger partial charge in [0.1, 0.15) is 11.8 Å². The first-order chi connectivity index (χ1) is 22.2. The van der Waals surface area contributed by atoms with Crippen molar-refractivity contribution in [2.24, 2.45) is 0 Å². The van der Waals surface area contributed by atoms with Crippen LogP contribution < -0.4 is 20.7 Å². The minimum absolute atomic E-state index is 0.0163. The molecule has 2 heterocycles. The molecule has 1 saturated heterocycles. The van der Waals surface area contributed by atoms with Gasteiger partial charge in [0.05, 0.1) is 24.7 Å². The second kappa shape index (κ2) is 12.6. The van der Waals surface area contributed by atoms with Crippen molar-refractivity contribution < 1.29 is 33.5 Å². The normalized spacial score (nSPS) is 15.8. The standard InChI is InChI=1S/C35H30N4O7/c1-46-29-15-20(18-36-31(41)17-22-7-4-6-21-5-2-3-8-25(21)22)9-10-24(29)19-37-32(42)23-11-12-26-27(16-23)35(45)39(34(26)44)28-13-14-30(40)38-33(28)43/h2-12,15-16,28H,13-14,17-19H2,1H3,(H,36,41)(H,37,42)(H,38,40,43). The molecule has 11 heteroatoms. The van der Waals surface area contributed by atoms with Crippen LogP contribution in [0.3, 0.4) is 0 Å². The number of fused-ring (bicyclic) bond motifs is 2. The third kappa shape index (κ3) is 5.94. The molecule has 11 nitrogen and oxygen atoms in total. The van der Waals surface area contributed by atoms with E-state index in [1.54, 1.807) is 12.1 Å². The molecular weight excluding hydrogens is 588 g/mol. The molecule has 232 valence electrons. The molecule has 2 aliphatic heterocycles. The van der Waals surface area contributed by atoms with Gasteiger partial charge in [0.25, 0.3) is 17.7 Å². The first-order valence-corrected chi connectivity index (χ1v) is 14.8. The van der Waals surface area contributed by atoms with Gasteiger partial charge in [0.15, 0.2) is 0 Å². The van der Waals surface area contributed by atoms with Crippen LogP contribution in [0.4, 0.5) is 0 Å². The summed E-state index contributed by atoms with van der Waals surface area (Å²) in [5, 5.41) is 10.0. The van der Waals surface area contributed by atoms with Gasteiger partial charge in [-0.25, -0.2) is 0 Å². The zero-order valence-corrected chi connectivity index (χ0v) is 24.9. The maximum Gasteiger partial charge on any atom is 0.262 e. The minimum Gasteiger partial charge on any atom is -0.496 e. The fraction of sp³-hybridized carbons (Fsp3) is 0.200. The Kier molecular flexibility index (Phi) is 8.30. The third-order valence-corrected chi connectivity index (χ3v) is 8.21. The van der Waals surface area contributed by atoms with Crippen LogP contribution in [0.1, 0.15) is 60.6 Å². The Hall–Kier alpha value is -5.84. The average molecular weight is 619 g/mol. The monoisotopic (exact) mass is 618 g/mol.